The van der Waals surface area contributed by atoms with E-state index in [2.05, 4.69) is 166 Å². The van der Waals surface area contributed by atoms with Crippen LogP contribution in [-0.2, 0) is 25.5 Å². The molecule has 2 nitrogen and oxygen atoms in total. The molecule has 2 aromatic carbocycles. The standard InChI is InChI=1S/2C17H28NP.2ClH.Ni/c2*1-14(2)19(15(3)4)13-7-8-16-9-11-17(12-10-16)18(5)6;;;/h2*7,9-15H,8H2,1-6H3;2*1H;/q;;;;+2/p-2. The van der Waals surface area contributed by atoms with Crippen LogP contribution in [0.3, 0.4) is 0 Å². The summed E-state index contributed by atoms with van der Waals surface area (Å²) < 4.78 is 0. The third kappa shape index (κ3) is 18.0. The zero-order valence-electron chi connectivity index (χ0n) is 27.5. The van der Waals surface area contributed by atoms with Crippen LogP contribution < -0.4 is 9.80 Å². The Morgan fingerprint density at radius 2 is 0.805 bits per heavy atom. The summed E-state index contributed by atoms with van der Waals surface area (Å²) in [5, 5.41) is 0. The number of allylic oxidation sites excluding steroid dienone is 2. The zero-order valence-corrected chi connectivity index (χ0v) is 31.8. The first-order valence-electron chi connectivity index (χ1n) is 14.5. The zero-order chi connectivity index (χ0) is 31.5. The number of hydrogen-bond donors (Lipinski definition) is 0. The van der Waals surface area contributed by atoms with Crippen molar-refractivity contribution in [2.45, 2.75) is 90.9 Å². The summed E-state index contributed by atoms with van der Waals surface area (Å²) in [5.74, 6) is 4.93. The quantitative estimate of drug-likeness (QED) is 0.162. The topological polar surface area (TPSA) is 6.48 Å². The van der Waals surface area contributed by atoms with Gasteiger partial charge in [0.1, 0.15) is 0 Å². The van der Waals surface area contributed by atoms with Gasteiger partial charge in [0.25, 0.3) is 0 Å². The molecule has 0 heterocycles. The van der Waals surface area contributed by atoms with E-state index in [9.17, 15) is 0 Å². The first kappa shape index (κ1) is 40.5. The molecule has 0 saturated heterocycles. The number of rotatable bonds is 12. The van der Waals surface area contributed by atoms with Crippen LogP contribution in [0.4, 0.5) is 11.4 Å². The van der Waals surface area contributed by atoms with Crippen molar-refractivity contribution >= 4 is 47.6 Å². The van der Waals surface area contributed by atoms with Gasteiger partial charge in [0.2, 0.25) is 0 Å². The van der Waals surface area contributed by atoms with Crippen molar-refractivity contribution in [2.24, 2.45) is 0 Å². The van der Waals surface area contributed by atoms with Crippen molar-refractivity contribution in [1.29, 1.82) is 0 Å². The van der Waals surface area contributed by atoms with E-state index in [0.717, 1.165) is 35.5 Å². The molecular formula is C34H56Cl2N2NiP2. The number of anilines is 2. The Labute approximate surface area is 271 Å². The minimum atomic E-state index is 0.0198. The van der Waals surface area contributed by atoms with Crippen LogP contribution in [0.1, 0.15) is 66.5 Å². The first-order valence-corrected chi connectivity index (χ1v) is 20.3. The van der Waals surface area contributed by atoms with Gasteiger partial charge in [-0.05, 0) is 70.9 Å². The Morgan fingerprint density at radius 3 is 1.00 bits per heavy atom. The van der Waals surface area contributed by atoms with Crippen LogP contribution in [-0.4, -0.2) is 50.8 Å². The second kappa shape index (κ2) is 22.9. The second-order valence-electron chi connectivity index (χ2n) is 11.6. The van der Waals surface area contributed by atoms with E-state index in [4.69, 9.17) is 20.4 Å². The third-order valence-corrected chi connectivity index (χ3v) is 12.4. The van der Waals surface area contributed by atoms with Gasteiger partial charge in [0, 0.05) is 39.6 Å². The van der Waals surface area contributed by atoms with Gasteiger partial charge in [-0.2, -0.15) is 0 Å². The molecule has 0 aliphatic heterocycles. The summed E-state index contributed by atoms with van der Waals surface area (Å²) in [6.45, 7) is 18.7. The average Bonchev–Trinajstić information content (AvgIpc) is 2.89. The van der Waals surface area contributed by atoms with Crippen LogP contribution >= 0.6 is 36.2 Å². The Kier molecular flexibility index (Phi) is 22.6. The molecule has 2 aromatic rings. The van der Waals surface area contributed by atoms with E-state index in [1.807, 2.05) is 0 Å². The molecule has 0 unspecified atom stereocenters. The average molecular weight is 684 g/mol. The van der Waals surface area contributed by atoms with Gasteiger partial charge in [-0.1, -0.05) is 119 Å². The predicted octanol–water partition coefficient (Wildman–Crippen LogP) is 11.6. The van der Waals surface area contributed by atoms with Crippen LogP contribution in [0.15, 0.2) is 72.3 Å². The van der Waals surface area contributed by atoms with Crippen molar-refractivity contribution in [1.82, 2.24) is 0 Å². The molecule has 236 valence electrons. The molecule has 7 heteroatoms. The van der Waals surface area contributed by atoms with Crippen LogP contribution in [0.5, 0.6) is 0 Å². The molecule has 2 rings (SSSR count). The first-order chi connectivity index (χ1) is 19.2. The van der Waals surface area contributed by atoms with Gasteiger partial charge in [-0.3, -0.25) is 0 Å². The van der Waals surface area contributed by atoms with Gasteiger partial charge < -0.3 is 9.80 Å². The molecule has 0 spiro atoms. The van der Waals surface area contributed by atoms with Gasteiger partial charge in [0.05, 0.1) is 0 Å². The normalized spacial score (nSPS) is 11.7. The number of nitrogens with zero attached hydrogens (tertiary/aromatic N) is 2. The third-order valence-electron chi connectivity index (χ3n) is 6.55. The Morgan fingerprint density at radius 1 is 0.561 bits per heavy atom. The van der Waals surface area contributed by atoms with E-state index in [0.29, 0.717) is 12.7 Å². The van der Waals surface area contributed by atoms with E-state index in [1.54, 1.807) is 0 Å². The van der Waals surface area contributed by atoms with Gasteiger partial charge in [-0.25, -0.2) is 0 Å². The van der Waals surface area contributed by atoms with Crippen LogP contribution in [0.25, 0.3) is 0 Å². The van der Waals surface area contributed by atoms with Gasteiger partial charge >= 0.3 is 33.0 Å². The summed E-state index contributed by atoms with van der Waals surface area (Å²) in [5.41, 5.74) is 8.43. The second-order valence-corrected chi connectivity index (χ2v) is 19.8. The SMILES string of the molecule is CC(C)P(C=CCc1ccc(N(C)C)cc1)C(C)C.CC(C)P(C=CCc1ccc(N(C)C)cc1)C(C)C.[Cl][Ni][Cl]. The molecule has 0 saturated carbocycles. The molecule has 0 aliphatic rings. The van der Waals surface area contributed by atoms with Crippen molar-refractivity contribution in [3.63, 3.8) is 0 Å². The monoisotopic (exact) mass is 682 g/mol. The fourth-order valence-corrected chi connectivity index (χ4v) is 8.82. The molecule has 0 atom stereocenters. The number of halogens is 2. The Balaban J connectivity index is 0.000000712. The summed E-state index contributed by atoms with van der Waals surface area (Å²) in [6, 6.07) is 17.7. The molecule has 0 radical (unpaired) electrons. The summed E-state index contributed by atoms with van der Waals surface area (Å²) in [6.07, 6.45) is 6.81. The van der Waals surface area contributed by atoms with E-state index in [-0.39, 0.29) is 15.8 Å². The van der Waals surface area contributed by atoms with Crippen molar-refractivity contribution in [3.8, 4) is 0 Å². The van der Waals surface area contributed by atoms with Crippen molar-refractivity contribution in [3.05, 3.63) is 83.4 Å². The summed E-state index contributed by atoms with van der Waals surface area (Å²) in [4.78, 5) is 4.27. The van der Waals surface area contributed by atoms with Gasteiger partial charge in [-0.15, -0.1) is 0 Å². The van der Waals surface area contributed by atoms with E-state index in [1.165, 1.54) is 22.5 Å². The maximum atomic E-state index is 4.70. The minimum absolute atomic E-state index is 0.0198. The van der Waals surface area contributed by atoms with E-state index >= 15 is 0 Å². The molecule has 0 N–H and O–H groups in total. The van der Waals surface area contributed by atoms with Crippen LogP contribution in [0.2, 0.25) is 0 Å². The van der Waals surface area contributed by atoms with E-state index < -0.39 is 0 Å². The fourth-order valence-electron chi connectivity index (χ4n) is 4.36. The predicted molar refractivity (Wildman–Crippen MR) is 193 cm³/mol. The fraction of sp³-hybridized carbons (Fsp3) is 0.529. The Hall–Kier alpha value is -0.546. The molecule has 0 aromatic heterocycles. The molecular weight excluding hydrogens is 628 g/mol. The molecule has 0 amide bonds. The molecule has 0 bridgehead atoms. The van der Waals surface area contributed by atoms with Crippen molar-refractivity contribution in [2.75, 3.05) is 38.0 Å². The number of hydrogen-bond acceptors (Lipinski definition) is 2. The van der Waals surface area contributed by atoms with Gasteiger partial charge in [0.15, 0.2) is 0 Å². The molecule has 0 aliphatic carbocycles. The molecule has 0 fully saturated rings. The maximum absolute atomic E-state index is 4.70. The molecule has 41 heavy (non-hydrogen) atoms. The van der Waals surface area contributed by atoms with Crippen molar-refractivity contribution < 1.29 is 12.7 Å². The number of benzene rings is 2. The Bertz CT molecular complexity index is 878. The summed E-state index contributed by atoms with van der Waals surface area (Å²) in [7, 11) is 17.7. The summed E-state index contributed by atoms with van der Waals surface area (Å²) >= 11 is 0.569. The van der Waals surface area contributed by atoms with Crippen LogP contribution in [0, 0.1) is 0 Å².